The normalized spacial score (nSPS) is 16.5. The first-order valence-corrected chi connectivity index (χ1v) is 6.43. The number of primary amides is 1. The molecule has 5 heteroatoms. The number of hydrogen-bond acceptors (Lipinski definition) is 3. The van der Waals surface area contributed by atoms with Crippen LogP contribution >= 0.6 is 0 Å². The summed E-state index contributed by atoms with van der Waals surface area (Å²) in [5, 5.41) is 8.29. The predicted molar refractivity (Wildman–Crippen MR) is 64.4 cm³/mol. The molecule has 0 unspecified atom stereocenters. The lowest BCUT2D eigenvalue weighted by Crippen LogP contribution is -2.16. The quantitative estimate of drug-likeness (QED) is 0.839. The molecule has 1 aromatic rings. The van der Waals surface area contributed by atoms with E-state index in [-0.39, 0.29) is 12.3 Å². The smallest absolute Gasteiger partial charge is 0.223 e. The maximum absolute atomic E-state index is 11.0. The number of rotatable bonds is 5. The molecule has 0 atom stereocenters. The van der Waals surface area contributed by atoms with E-state index in [1.165, 1.54) is 25.7 Å². The Labute approximate surface area is 101 Å². The molecule has 0 aromatic carbocycles. The highest BCUT2D eigenvalue weighted by Gasteiger charge is 2.25. The Morgan fingerprint density at radius 3 is 2.76 bits per heavy atom. The first-order valence-electron chi connectivity index (χ1n) is 6.43. The van der Waals surface area contributed by atoms with Gasteiger partial charge in [-0.1, -0.05) is 25.0 Å². The Kier molecular flexibility index (Phi) is 3.76. The zero-order valence-electron chi connectivity index (χ0n) is 10.4. The highest BCUT2D eigenvalue weighted by atomic mass is 16.1. The summed E-state index contributed by atoms with van der Waals surface area (Å²) in [5.74, 6) is 0.193. The highest BCUT2D eigenvalue weighted by molar-refractivity contribution is 5.76. The average molecular weight is 236 g/mol. The van der Waals surface area contributed by atoms with Crippen LogP contribution in [0.5, 0.6) is 0 Å². The van der Waals surface area contributed by atoms with E-state index in [4.69, 9.17) is 5.73 Å². The van der Waals surface area contributed by atoms with Gasteiger partial charge in [0.1, 0.15) is 0 Å². The first-order chi connectivity index (χ1) is 8.22. The molecule has 0 aliphatic heterocycles. The van der Waals surface area contributed by atoms with Gasteiger partial charge < -0.3 is 5.73 Å². The molecule has 1 aliphatic carbocycles. The number of aromatic nitrogens is 3. The van der Waals surface area contributed by atoms with Crippen molar-refractivity contribution in [1.82, 2.24) is 15.0 Å². The van der Waals surface area contributed by atoms with Crippen LogP contribution in [0.1, 0.15) is 56.3 Å². The van der Waals surface area contributed by atoms with Crippen LogP contribution in [0.3, 0.4) is 0 Å². The summed E-state index contributed by atoms with van der Waals surface area (Å²) in [6, 6.07) is 0. The van der Waals surface area contributed by atoms with E-state index in [0.717, 1.165) is 24.4 Å². The van der Waals surface area contributed by atoms with Crippen molar-refractivity contribution in [3.63, 3.8) is 0 Å². The summed E-state index contributed by atoms with van der Waals surface area (Å²) in [6.07, 6.45) is 6.14. The van der Waals surface area contributed by atoms with Crippen LogP contribution in [0.2, 0.25) is 0 Å². The van der Waals surface area contributed by atoms with Crippen molar-refractivity contribution in [2.24, 2.45) is 5.73 Å². The van der Waals surface area contributed by atoms with Crippen molar-refractivity contribution in [3.8, 4) is 0 Å². The number of carbonyl (C=O) groups excluding carboxylic acids is 1. The molecule has 1 aliphatic rings. The number of aryl methyl sites for hydroxylation is 1. The van der Waals surface area contributed by atoms with E-state index in [0.29, 0.717) is 5.92 Å². The molecule has 2 N–H and O–H groups in total. The zero-order chi connectivity index (χ0) is 12.3. The van der Waals surface area contributed by atoms with Gasteiger partial charge in [0, 0.05) is 12.5 Å². The van der Waals surface area contributed by atoms with Crippen LogP contribution in [0, 0.1) is 0 Å². The number of amides is 1. The fourth-order valence-corrected chi connectivity index (χ4v) is 2.67. The fourth-order valence-electron chi connectivity index (χ4n) is 2.67. The maximum atomic E-state index is 11.0. The van der Waals surface area contributed by atoms with Crippen LogP contribution in [0.4, 0.5) is 0 Å². The van der Waals surface area contributed by atoms with Crippen molar-refractivity contribution in [1.29, 1.82) is 0 Å². The SMILES string of the molecule is CCCn1nnc(CC(N)=O)c1C1CCCC1. The maximum Gasteiger partial charge on any atom is 0.223 e. The van der Waals surface area contributed by atoms with Gasteiger partial charge in [0.25, 0.3) is 0 Å². The second-order valence-corrected chi connectivity index (χ2v) is 4.77. The molecular formula is C12H20N4O. The van der Waals surface area contributed by atoms with Crippen LogP contribution in [0.15, 0.2) is 0 Å². The van der Waals surface area contributed by atoms with E-state index in [9.17, 15) is 4.79 Å². The van der Waals surface area contributed by atoms with Gasteiger partial charge in [0.15, 0.2) is 0 Å². The van der Waals surface area contributed by atoms with Gasteiger partial charge in [-0.3, -0.25) is 4.79 Å². The Balaban J connectivity index is 2.28. The second-order valence-electron chi connectivity index (χ2n) is 4.77. The van der Waals surface area contributed by atoms with Crippen molar-refractivity contribution in [3.05, 3.63) is 11.4 Å². The Hall–Kier alpha value is -1.39. The molecule has 2 rings (SSSR count). The second kappa shape index (κ2) is 5.29. The molecule has 0 spiro atoms. The summed E-state index contributed by atoms with van der Waals surface area (Å²) in [5.41, 5.74) is 7.20. The van der Waals surface area contributed by atoms with E-state index in [1.807, 2.05) is 4.68 Å². The minimum atomic E-state index is -0.326. The summed E-state index contributed by atoms with van der Waals surface area (Å²) >= 11 is 0. The van der Waals surface area contributed by atoms with Crippen LogP contribution in [0.25, 0.3) is 0 Å². The average Bonchev–Trinajstić information content (AvgIpc) is 2.87. The van der Waals surface area contributed by atoms with E-state index >= 15 is 0 Å². The summed E-state index contributed by atoms with van der Waals surface area (Å²) in [4.78, 5) is 11.0. The highest BCUT2D eigenvalue weighted by Crippen LogP contribution is 2.35. The van der Waals surface area contributed by atoms with Gasteiger partial charge in [-0.05, 0) is 19.3 Å². The molecule has 1 fully saturated rings. The summed E-state index contributed by atoms with van der Waals surface area (Å²) < 4.78 is 1.97. The van der Waals surface area contributed by atoms with Gasteiger partial charge in [-0.25, -0.2) is 4.68 Å². The molecule has 1 aromatic heterocycles. The number of carbonyl (C=O) groups is 1. The van der Waals surface area contributed by atoms with E-state index < -0.39 is 0 Å². The van der Waals surface area contributed by atoms with Crippen LogP contribution < -0.4 is 5.73 Å². The monoisotopic (exact) mass is 236 g/mol. The number of hydrogen-bond donors (Lipinski definition) is 1. The van der Waals surface area contributed by atoms with Gasteiger partial charge in [0.05, 0.1) is 17.8 Å². The third kappa shape index (κ3) is 2.65. The predicted octanol–water partition coefficient (Wildman–Crippen LogP) is 1.37. The topological polar surface area (TPSA) is 73.8 Å². The molecule has 1 saturated carbocycles. The zero-order valence-corrected chi connectivity index (χ0v) is 10.4. The van der Waals surface area contributed by atoms with E-state index in [2.05, 4.69) is 17.2 Å². The van der Waals surface area contributed by atoms with Crippen molar-refractivity contribution in [2.45, 2.75) is 57.9 Å². The van der Waals surface area contributed by atoms with Gasteiger partial charge in [-0.15, -0.1) is 5.10 Å². The lowest BCUT2D eigenvalue weighted by atomic mass is 10.0. The molecule has 1 amide bonds. The third-order valence-corrected chi connectivity index (χ3v) is 3.37. The van der Waals surface area contributed by atoms with Gasteiger partial charge >= 0.3 is 0 Å². The molecule has 17 heavy (non-hydrogen) atoms. The van der Waals surface area contributed by atoms with Crippen LogP contribution in [-0.4, -0.2) is 20.9 Å². The van der Waals surface area contributed by atoms with E-state index in [1.54, 1.807) is 0 Å². The minimum absolute atomic E-state index is 0.218. The summed E-state index contributed by atoms with van der Waals surface area (Å²) in [7, 11) is 0. The third-order valence-electron chi connectivity index (χ3n) is 3.37. The first kappa shape index (κ1) is 12.1. The molecule has 0 radical (unpaired) electrons. The Morgan fingerprint density at radius 1 is 1.47 bits per heavy atom. The summed E-state index contributed by atoms with van der Waals surface area (Å²) in [6.45, 7) is 2.99. The van der Waals surface area contributed by atoms with Crippen molar-refractivity contribution in [2.75, 3.05) is 0 Å². The minimum Gasteiger partial charge on any atom is -0.369 e. The number of nitrogens with zero attached hydrogens (tertiary/aromatic N) is 3. The lowest BCUT2D eigenvalue weighted by molar-refractivity contribution is -0.117. The largest absolute Gasteiger partial charge is 0.369 e. The number of nitrogens with two attached hydrogens (primary N) is 1. The van der Waals surface area contributed by atoms with Crippen LogP contribution in [-0.2, 0) is 17.8 Å². The molecule has 1 heterocycles. The fraction of sp³-hybridized carbons (Fsp3) is 0.750. The van der Waals surface area contributed by atoms with Crippen molar-refractivity contribution >= 4 is 5.91 Å². The van der Waals surface area contributed by atoms with Gasteiger partial charge in [0.2, 0.25) is 5.91 Å². The molecule has 5 nitrogen and oxygen atoms in total. The van der Waals surface area contributed by atoms with Crippen molar-refractivity contribution < 1.29 is 4.79 Å². The molecule has 0 bridgehead atoms. The Morgan fingerprint density at radius 2 is 2.18 bits per heavy atom. The molecule has 0 saturated heterocycles. The molecule has 94 valence electrons. The van der Waals surface area contributed by atoms with Gasteiger partial charge in [-0.2, -0.15) is 0 Å². The Bertz CT molecular complexity index is 393. The molecular weight excluding hydrogens is 216 g/mol. The standard InChI is InChI=1S/C12H20N4O/c1-2-7-16-12(9-5-3-4-6-9)10(14-15-16)8-11(13)17/h9H,2-8H2,1H3,(H2,13,17). The lowest BCUT2D eigenvalue weighted by Gasteiger charge is -2.12.